The number of hydrogen-bond donors (Lipinski definition) is 1. The first-order valence-corrected chi connectivity index (χ1v) is 6.66. The zero-order valence-electron chi connectivity index (χ0n) is 12.0. The molecule has 20 heavy (non-hydrogen) atoms. The number of benzene rings is 1. The number of hydrogen-bond acceptors (Lipinski definition) is 1. The molecule has 0 atom stereocenters. The van der Waals surface area contributed by atoms with Crippen molar-refractivity contribution in [2.75, 3.05) is 0 Å². The molecule has 1 heterocycles. The summed E-state index contributed by atoms with van der Waals surface area (Å²) in [4.78, 5) is 11.5. The lowest BCUT2D eigenvalue weighted by Crippen LogP contribution is -2.13. The van der Waals surface area contributed by atoms with Crippen LogP contribution in [0.5, 0.6) is 0 Å². The predicted octanol–water partition coefficient (Wildman–Crippen LogP) is 3.36. The summed E-state index contributed by atoms with van der Waals surface area (Å²) in [5, 5.41) is 0. The molecule has 0 spiro atoms. The summed E-state index contributed by atoms with van der Waals surface area (Å²) in [6.45, 7) is 6.89. The highest BCUT2D eigenvalue weighted by atomic mass is 19.1. The number of rotatable bonds is 4. The molecule has 0 radical (unpaired) electrons. The molecule has 106 valence electrons. The van der Waals surface area contributed by atoms with E-state index in [1.54, 1.807) is 18.2 Å². The molecule has 2 N–H and O–H groups in total. The standard InChI is InChI=1S/C16H19FN2O/c1-10(2)9-19-11(3)14(16(18)20)8-15(19)12-4-6-13(17)7-5-12/h4-8,10H,9H2,1-3H3,(H2,18,20). The maximum atomic E-state index is 13.0. The van der Waals surface area contributed by atoms with Gasteiger partial charge in [0.1, 0.15) is 5.82 Å². The Labute approximate surface area is 118 Å². The molecular formula is C16H19FN2O. The van der Waals surface area contributed by atoms with Gasteiger partial charge in [0.25, 0.3) is 5.91 Å². The van der Waals surface area contributed by atoms with Gasteiger partial charge in [-0.25, -0.2) is 4.39 Å². The summed E-state index contributed by atoms with van der Waals surface area (Å²) < 4.78 is 15.1. The molecule has 2 aromatic rings. The summed E-state index contributed by atoms with van der Waals surface area (Å²) in [5.41, 5.74) is 8.56. The Bertz CT molecular complexity index is 627. The van der Waals surface area contributed by atoms with E-state index in [-0.39, 0.29) is 5.82 Å². The van der Waals surface area contributed by atoms with Gasteiger partial charge in [0.15, 0.2) is 0 Å². The fraction of sp³-hybridized carbons (Fsp3) is 0.312. The number of nitrogens with two attached hydrogens (primary N) is 1. The summed E-state index contributed by atoms with van der Waals surface area (Å²) in [6.07, 6.45) is 0. The van der Waals surface area contributed by atoms with Crippen LogP contribution < -0.4 is 5.73 Å². The molecule has 2 rings (SSSR count). The maximum Gasteiger partial charge on any atom is 0.250 e. The van der Waals surface area contributed by atoms with E-state index in [0.717, 1.165) is 23.5 Å². The van der Waals surface area contributed by atoms with E-state index in [1.807, 2.05) is 6.92 Å². The second kappa shape index (κ2) is 5.49. The zero-order valence-corrected chi connectivity index (χ0v) is 12.0. The lowest BCUT2D eigenvalue weighted by atomic mass is 10.1. The van der Waals surface area contributed by atoms with Crippen molar-refractivity contribution in [3.63, 3.8) is 0 Å². The Hall–Kier alpha value is -2.10. The average Bonchev–Trinajstić information content (AvgIpc) is 2.68. The average molecular weight is 274 g/mol. The van der Waals surface area contributed by atoms with E-state index in [0.29, 0.717) is 11.5 Å². The number of carbonyl (C=O) groups is 1. The highest BCUT2D eigenvalue weighted by Gasteiger charge is 2.17. The number of halogens is 1. The van der Waals surface area contributed by atoms with Gasteiger partial charge in [0.05, 0.1) is 5.56 Å². The van der Waals surface area contributed by atoms with Gasteiger partial charge in [-0.2, -0.15) is 0 Å². The molecule has 0 saturated heterocycles. The predicted molar refractivity (Wildman–Crippen MR) is 77.9 cm³/mol. The van der Waals surface area contributed by atoms with Crippen molar-refractivity contribution in [1.82, 2.24) is 4.57 Å². The van der Waals surface area contributed by atoms with Gasteiger partial charge < -0.3 is 10.3 Å². The molecule has 0 bridgehead atoms. The van der Waals surface area contributed by atoms with Gasteiger partial charge in [-0.1, -0.05) is 13.8 Å². The molecule has 0 aliphatic carbocycles. The van der Waals surface area contributed by atoms with E-state index in [4.69, 9.17) is 5.73 Å². The molecular weight excluding hydrogens is 255 g/mol. The number of carbonyl (C=O) groups excluding carboxylic acids is 1. The van der Waals surface area contributed by atoms with E-state index in [1.165, 1.54) is 12.1 Å². The Morgan fingerprint density at radius 1 is 1.30 bits per heavy atom. The Balaban J connectivity index is 2.58. The van der Waals surface area contributed by atoms with Crippen LogP contribution in [0.1, 0.15) is 29.9 Å². The van der Waals surface area contributed by atoms with Crippen LogP contribution in [0.3, 0.4) is 0 Å². The van der Waals surface area contributed by atoms with Crippen molar-refractivity contribution in [1.29, 1.82) is 0 Å². The van der Waals surface area contributed by atoms with Crippen LogP contribution in [-0.4, -0.2) is 10.5 Å². The van der Waals surface area contributed by atoms with E-state index in [2.05, 4.69) is 18.4 Å². The Kier molecular flexibility index (Phi) is 3.93. The van der Waals surface area contributed by atoms with Crippen molar-refractivity contribution in [3.8, 4) is 11.3 Å². The topological polar surface area (TPSA) is 48.0 Å². The largest absolute Gasteiger partial charge is 0.366 e. The summed E-state index contributed by atoms with van der Waals surface area (Å²) in [5.74, 6) is -0.281. The SMILES string of the molecule is Cc1c(C(N)=O)cc(-c2ccc(F)cc2)n1CC(C)C. The first-order chi connectivity index (χ1) is 9.40. The van der Waals surface area contributed by atoms with Crippen LogP contribution in [0.2, 0.25) is 0 Å². The molecule has 0 saturated carbocycles. The molecule has 0 unspecified atom stereocenters. The number of nitrogens with zero attached hydrogens (tertiary/aromatic N) is 1. The molecule has 1 aromatic carbocycles. The highest BCUT2D eigenvalue weighted by molar-refractivity contribution is 5.95. The van der Waals surface area contributed by atoms with Crippen LogP contribution >= 0.6 is 0 Å². The zero-order chi connectivity index (χ0) is 14.9. The monoisotopic (exact) mass is 274 g/mol. The first kappa shape index (κ1) is 14.3. The van der Waals surface area contributed by atoms with Gasteiger partial charge in [-0.05, 0) is 48.7 Å². The van der Waals surface area contributed by atoms with Crippen LogP contribution in [0.25, 0.3) is 11.3 Å². The van der Waals surface area contributed by atoms with Crippen molar-refractivity contribution in [2.45, 2.75) is 27.3 Å². The second-order valence-electron chi connectivity index (χ2n) is 5.40. The molecule has 0 aliphatic heterocycles. The lowest BCUT2D eigenvalue weighted by molar-refractivity contribution is 0.0999. The quantitative estimate of drug-likeness (QED) is 0.913. The van der Waals surface area contributed by atoms with Gasteiger partial charge in [0.2, 0.25) is 0 Å². The van der Waals surface area contributed by atoms with Gasteiger partial charge >= 0.3 is 0 Å². The highest BCUT2D eigenvalue weighted by Crippen LogP contribution is 2.27. The Morgan fingerprint density at radius 3 is 2.40 bits per heavy atom. The molecule has 3 nitrogen and oxygen atoms in total. The fourth-order valence-corrected chi connectivity index (χ4v) is 2.35. The van der Waals surface area contributed by atoms with Crippen molar-refractivity contribution >= 4 is 5.91 Å². The number of aromatic nitrogens is 1. The van der Waals surface area contributed by atoms with Gasteiger partial charge in [0, 0.05) is 17.9 Å². The summed E-state index contributed by atoms with van der Waals surface area (Å²) in [7, 11) is 0. The third-order valence-electron chi connectivity index (χ3n) is 3.32. The minimum absolute atomic E-state index is 0.275. The van der Waals surface area contributed by atoms with Gasteiger partial charge in [-0.15, -0.1) is 0 Å². The van der Waals surface area contributed by atoms with E-state index < -0.39 is 5.91 Å². The first-order valence-electron chi connectivity index (χ1n) is 6.66. The third-order valence-corrected chi connectivity index (χ3v) is 3.32. The van der Waals surface area contributed by atoms with Crippen LogP contribution in [0, 0.1) is 18.7 Å². The molecule has 1 aromatic heterocycles. The van der Waals surface area contributed by atoms with Crippen molar-refractivity contribution < 1.29 is 9.18 Å². The van der Waals surface area contributed by atoms with Crippen molar-refractivity contribution in [2.24, 2.45) is 11.7 Å². The number of primary amides is 1. The minimum Gasteiger partial charge on any atom is -0.366 e. The summed E-state index contributed by atoms with van der Waals surface area (Å²) >= 11 is 0. The molecule has 4 heteroatoms. The summed E-state index contributed by atoms with van der Waals surface area (Å²) in [6, 6.07) is 8.05. The van der Waals surface area contributed by atoms with Crippen LogP contribution in [0.4, 0.5) is 4.39 Å². The minimum atomic E-state index is -0.437. The fourth-order valence-electron chi connectivity index (χ4n) is 2.35. The maximum absolute atomic E-state index is 13.0. The third kappa shape index (κ3) is 2.74. The molecule has 0 aliphatic rings. The van der Waals surface area contributed by atoms with Crippen molar-refractivity contribution in [3.05, 3.63) is 47.4 Å². The molecule has 1 amide bonds. The smallest absolute Gasteiger partial charge is 0.250 e. The second-order valence-corrected chi connectivity index (χ2v) is 5.40. The van der Waals surface area contributed by atoms with Crippen LogP contribution in [0.15, 0.2) is 30.3 Å². The Morgan fingerprint density at radius 2 is 1.90 bits per heavy atom. The van der Waals surface area contributed by atoms with E-state index >= 15 is 0 Å². The van der Waals surface area contributed by atoms with Crippen LogP contribution in [-0.2, 0) is 6.54 Å². The lowest BCUT2D eigenvalue weighted by Gasteiger charge is -2.14. The normalized spacial score (nSPS) is 11.1. The number of amides is 1. The van der Waals surface area contributed by atoms with Gasteiger partial charge in [-0.3, -0.25) is 4.79 Å². The molecule has 0 fully saturated rings. The van der Waals surface area contributed by atoms with E-state index in [9.17, 15) is 9.18 Å².